The minimum atomic E-state index is 0.514. The fraction of sp³-hybridized carbons (Fsp3) is 0.611. The first kappa shape index (κ1) is 17.6. The number of piperidine rings is 1. The summed E-state index contributed by atoms with van der Waals surface area (Å²) >= 11 is 0. The molecule has 2 rings (SSSR count). The predicted octanol–water partition coefficient (Wildman–Crippen LogP) is 2.23. The Labute approximate surface area is 140 Å². The number of hydrogen-bond acceptors (Lipinski definition) is 3. The van der Waals surface area contributed by atoms with Crippen LogP contribution in [0, 0.1) is 0 Å². The maximum absolute atomic E-state index is 5.26. The maximum Gasteiger partial charge on any atom is 0.191 e. The zero-order chi connectivity index (χ0) is 16.5. The largest absolute Gasteiger partial charge is 0.497 e. The van der Waals surface area contributed by atoms with Crippen LogP contribution < -0.4 is 15.4 Å². The fourth-order valence-electron chi connectivity index (χ4n) is 2.97. The molecule has 1 aromatic rings. The standard InChI is InChI=1S/C18H30N4O/c1-4-10-22-11-8-16(9-12-22)21-18(19-2)20-14-15-6-5-7-17(13-15)23-3/h5-7,13,16H,4,8-12,14H2,1-3H3,(H2,19,20,21). The summed E-state index contributed by atoms with van der Waals surface area (Å²) in [6.07, 6.45) is 3.60. The van der Waals surface area contributed by atoms with Crippen molar-refractivity contribution in [3.8, 4) is 5.75 Å². The predicted molar refractivity (Wildman–Crippen MR) is 96.1 cm³/mol. The van der Waals surface area contributed by atoms with Crippen LogP contribution in [0.5, 0.6) is 5.75 Å². The summed E-state index contributed by atoms with van der Waals surface area (Å²) in [5.74, 6) is 1.76. The van der Waals surface area contributed by atoms with Crippen LogP contribution >= 0.6 is 0 Å². The van der Waals surface area contributed by atoms with E-state index >= 15 is 0 Å². The lowest BCUT2D eigenvalue weighted by atomic mass is 10.1. The number of methoxy groups -OCH3 is 1. The van der Waals surface area contributed by atoms with E-state index in [2.05, 4.69) is 33.5 Å². The topological polar surface area (TPSA) is 48.9 Å². The van der Waals surface area contributed by atoms with Crippen molar-refractivity contribution >= 4 is 5.96 Å². The van der Waals surface area contributed by atoms with E-state index in [4.69, 9.17) is 4.74 Å². The number of guanidine groups is 1. The number of benzene rings is 1. The van der Waals surface area contributed by atoms with Crippen molar-refractivity contribution in [1.82, 2.24) is 15.5 Å². The van der Waals surface area contributed by atoms with Gasteiger partial charge in [-0.3, -0.25) is 4.99 Å². The Morgan fingerprint density at radius 3 is 2.78 bits per heavy atom. The average molecular weight is 318 g/mol. The van der Waals surface area contributed by atoms with Gasteiger partial charge in [0.15, 0.2) is 5.96 Å². The van der Waals surface area contributed by atoms with E-state index in [1.54, 1.807) is 7.11 Å². The van der Waals surface area contributed by atoms with E-state index in [9.17, 15) is 0 Å². The molecule has 0 atom stereocenters. The van der Waals surface area contributed by atoms with E-state index in [0.717, 1.165) is 18.3 Å². The van der Waals surface area contributed by atoms with Gasteiger partial charge in [0.1, 0.15) is 5.75 Å². The van der Waals surface area contributed by atoms with Gasteiger partial charge in [0.2, 0.25) is 0 Å². The zero-order valence-corrected chi connectivity index (χ0v) is 14.6. The normalized spacial score (nSPS) is 17.1. The van der Waals surface area contributed by atoms with Crippen molar-refractivity contribution in [3.63, 3.8) is 0 Å². The molecule has 5 nitrogen and oxygen atoms in total. The van der Waals surface area contributed by atoms with Crippen LogP contribution in [0.25, 0.3) is 0 Å². The number of aliphatic imine (C=N–C) groups is 1. The summed E-state index contributed by atoms with van der Waals surface area (Å²) in [5.41, 5.74) is 1.19. The molecule has 0 unspecified atom stereocenters. The summed E-state index contributed by atoms with van der Waals surface area (Å²) in [6.45, 7) is 6.56. The molecule has 1 aliphatic rings. The van der Waals surface area contributed by atoms with E-state index < -0.39 is 0 Å². The molecule has 5 heteroatoms. The molecule has 0 aromatic heterocycles. The van der Waals surface area contributed by atoms with Crippen LogP contribution in [-0.4, -0.2) is 50.7 Å². The van der Waals surface area contributed by atoms with Crippen molar-refractivity contribution in [2.75, 3.05) is 33.8 Å². The van der Waals surface area contributed by atoms with Crippen LogP contribution in [0.15, 0.2) is 29.3 Å². The van der Waals surface area contributed by atoms with E-state index in [1.807, 2.05) is 25.2 Å². The van der Waals surface area contributed by atoms with Gasteiger partial charge in [0.05, 0.1) is 7.11 Å². The average Bonchev–Trinajstić information content (AvgIpc) is 2.60. The van der Waals surface area contributed by atoms with Gasteiger partial charge in [-0.1, -0.05) is 19.1 Å². The molecule has 1 saturated heterocycles. The van der Waals surface area contributed by atoms with Crippen LogP contribution in [0.3, 0.4) is 0 Å². The molecule has 0 aliphatic carbocycles. The maximum atomic E-state index is 5.26. The van der Waals surface area contributed by atoms with E-state index in [-0.39, 0.29) is 0 Å². The SMILES string of the molecule is CCCN1CCC(NC(=NC)NCc2cccc(OC)c2)CC1. The third kappa shape index (κ3) is 5.75. The number of ether oxygens (including phenoxy) is 1. The van der Waals surface area contributed by atoms with Crippen molar-refractivity contribution in [1.29, 1.82) is 0 Å². The Kier molecular flexibility index (Phi) is 7.20. The molecule has 0 radical (unpaired) electrons. The highest BCUT2D eigenvalue weighted by Gasteiger charge is 2.19. The van der Waals surface area contributed by atoms with Gasteiger partial charge in [-0.25, -0.2) is 0 Å². The first-order valence-corrected chi connectivity index (χ1v) is 8.57. The first-order chi connectivity index (χ1) is 11.2. The molecule has 1 fully saturated rings. The third-order valence-electron chi connectivity index (χ3n) is 4.29. The molecular weight excluding hydrogens is 288 g/mol. The fourth-order valence-corrected chi connectivity index (χ4v) is 2.97. The van der Waals surface area contributed by atoms with E-state index in [1.165, 1.54) is 44.5 Å². The van der Waals surface area contributed by atoms with Crippen LogP contribution in [-0.2, 0) is 6.54 Å². The molecule has 0 saturated carbocycles. The second-order valence-electron chi connectivity index (χ2n) is 6.04. The number of nitrogens with zero attached hydrogens (tertiary/aromatic N) is 2. The Morgan fingerprint density at radius 2 is 2.13 bits per heavy atom. The molecule has 2 N–H and O–H groups in total. The second kappa shape index (κ2) is 9.40. The molecule has 128 valence electrons. The molecule has 23 heavy (non-hydrogen) atoms. The Bertz CT molecular complexity index is 496. The molecule has 0 bridgehead atoms. The molecular formula is C18H30N4O. The Hall–Kier alpha value is -1.75. The highest BCUT2D eigenvalue weighted by Crippen LogP contribution is 2.13. The highest BCUT2D eigenvalue weighted by molar-refractivity contribution is 5.79. The van der Waals surface area contributed by atoms with Crippen LogP contribution in [0.4, 0.5) is 0 Å². The third-order valence-corrected chi connectivity index (χ3v) is 4.29. The van der Waals surface area contributed by atoms with Crippen LogP contribution in [0.1, 0.15) is 31.7 Å². The van der Waals surface area contributed by atoms with Gasteiger partial charge < -0.3 is 20.3 Å². The lowest BCUT2D eigenvalue weighted by molar-refractivity contribution is 0.206. The van der Waals surface area contributed by atoms with Gasteiger partial charge in [-0.15, -0.1) is 0 Å². The van der Waals surface area contributed by atoms with Gasteiger partial charge in [0.25, 0.3) is 0 Å². The number of rotatable bonds is 6. The summed E-state index contributed by atoms with van der Waals surface area (Å²) in [7, 11) is 3.52. The number of likely N-dealkylation sites (tertiary alicyclic amines) is 1. The molecule has 0 spiro atoms. The zero-order valence-electron chi connectivity index (χ0n) is 14.6. The molecule has 1 aliphatic heterocycles. The van der Waals surface area contributed by atoms with Crippen molar-refractivity contribution < 1.29 is 4.74 Å². The van der Waals surface area contributed by atoms with Crippen molar-refractivity contribution in [2.45, 2.75) is 38.8 Å². The summed E-state index contributed by atoms with van der Waals surface area (Å²) < 4.78 is 5.26. The minimum Gasteiger partial charge on any atom is -0.497 e. The van der Waals surface area contributed by atoms with E-state index in [0.29, 0.717) is 6.04 Å². The second-order valence-corrected chi connectivity index (χ2v) is 6.04. The number of hydrogen-bond donors (Lipinski definition) is 2. The van der Waals surface area contributed by atoms with Gasteiger partial charge >= 0.3 is 0 Å². The van der Waals surface area contributed by atoms with Crippen molar-refractivity contribution in [3.05, 3.63) is 29.8 Å². The monoisotopic (exact) mass is 318 g/mol. The van der Waals surface area contributed by atoms with Crippen LogP contribution in [0.2, 0.25) is 0 Å². The van der Waals surface area contributed by atoms with Gasteiger partial charge in [-0.05, 0) is 43.5 Å². The first-order valence-electron chi connectivity index (χ1n) is 8.57. The van der Waals surface area contributed by atoms with Crippen molar-refractivity contribution in [2.24, 2.45) is 4.99 Å². The molecule has 1 heterocycles. The quantitative estimate of drug-likeness (QED) is 0.624. The summed E-state index contributed by atoms with van der Waals surface area (Å²) in [4.78, 5) is 6.89. The summed E-state index contributed by atoms with van der Waals surface area (Å²) in [5, 5.41) is 6.94. The Balaban J connectivity index is 1.77. The van der Waals surface area contributed by atoms with Gasteiger partial charge in [-0.2, -0.15) is 0 Å². The lowest BCUT2D eigenvalue weighted by Gasteiger charge is -2.32. The highest BCUT2D eigenvalue weighted by atomic mass is 16.5. The molecule has 0 amide bonds. The Morgan fingerprint density at radius 1 is 1.35 bits per heavy atom. The van der Waals surface area contributed by atoms with Gasteiger partial charge in [0, 0.05) is 32.7 Å². The summed E-state index contributed by atoms with van der Waals surface area (Å²) in [6, 6.07) is 8.62. The number of nitrogens with one attached hydrogen (secondary N) is 2. The smallest absolute Gasteiger partial charge is 0.191 e. The lowest BCUT2D eigenvalue weighted by Crippen LogP contribution is -2.48. The minimum absolute atomic E-state index is 0.514. The molecule has 1 aromatic carbocycles.